The number of nitrogens with one attached hydrogen (secondary N) is 2. The second kappa shape index (κ2) is 26.8. The lowest BCUT2D eigenvalue weighted by atomic mass is 10.1. The van der Waals surface area contributed by atoms with Gasteiger partial charge >= 0.3 is 22.8 Å². The first-order valence-corrected chi connectivity index (χ1v) is 39.0. The lowest BCUT2D eigenvalue weighted by Gasteiger charge is -2.51. The Hall–Kier alpha value is -4.30. The van der Waals surface area contributed by atoms with Gasteiger partial charge in [-0.15, -0.1) is 0 Å². The Morgan fingerprint density at radius 2 is 0.952 bits per heavy atom. The molecule has 3 aromatic rings. The van der Waals surface area contributed by atoms with Crippen LogP contribution in [0.2, 0.25) is 55.7 Å². The molecule has 2 aromatic heterocycles. The van der Waals surface area contributed by atoms with Gasteiger partial charge in [0.05, 0.1) is 18.1 Å². The number of benzene rings is 1. The quantitative estimate of drug-likeness (QED) is 0.0499. The molecular formula is C56H91N5O17SSi4. The van der Waals surface area contributed by atoms with Gasteiger partial charge in [-0.3, -0.25) is 38.8 Å². The molecule has 4 aliphatic heterocycles. The second-order valence-electron chi connectivity index (χ2n) is 26.1. The van der Waals surface area contributed by atoms with Gasteiger partial charge in [-0.1, -0.05) is 132 Å². The normalized spacial score (nSPS) is 25.8. The van der Waals surface area contributed by atoms with Crippen LogP contribution in [-0.2, 0) is 36.7 Å². The van der Waals surface area contributed by atoms with E-state index in [2.05, 4.69) is 121 Å². The summed E-state index contributed by atoms with van der Waals surface area (Å²) in [5.74, 6) is 0.0356. The molecule has 0 amide bonds. The van der Waals surface area contributed by atoms with Crippen LogP contribution in [0.4, 0.5) is 15.3 Å². The molecule has 8 atom stereocenters. The van der Waals surface area contributed by atoms with Crippen LogP contribution < -0.4 is 27.2 Å². The third-order valence-corrected chi connectivity index (χ3v) is 45.8. The van der Waals surface area contributed by atoms with E-state index in [9.17, 15) is 38.9 Å². The van der Waals surface area contributed by atoms with Crippen molar-refractivity contribution in [2.24, 2.45) is 0 Å². The summed E-state index contributed by atoms with van der Waals surface area (Å²) < 4.78 is 61.0. The van der Waals surface area contributed by atoms with Gasteiger partial charge in [0, 0.05) is 41.4 Å². The summed E-state index contributed by atoms with van der Waals surface area (Å²) in [5.41, 5.74) is 1.42. The third-order valence-electron chi connectivity index (χ3n) is 17.6. The minimum Gasteiger partial charge on any atom is -0.447 e. The smallest absolute Gasteiger partial charge is 0.447 e. The first-order valence-electron chi connectivity index (χ1n) is 29.1. The average Bonchev–Trinajstić information content (AvgIpc) is 2.40. The van der Waals surface area contributed by atoms with Gasteiger partial charge in [0.15, 0.2) is 57.9 Å². The van der Waals surface area contributed by atoms with E-state index < -0.39 is 121 Å². The number of fused-ring (bicyclic) bond motifs is 2. The summed E-state index contributed by atoms with van der Waals surface area (Å²) >= 11 is 1.09. The van der Waals surface area contributed by atoms with E-state index in [4.69, 9.17) is 41.4 Å². The first kappa shape index (κ1) is 67.8. The number of non-ortho nitro benzene ring substituents is 1. The molecule has 464 valence electrons. The molecule has 0 aliphatic carbocycles. The number of ether oxygens (including phenoxy) is 5. The molecule has 2 N–H and O–H groups in total. The lowest BCUT2D eigenvalue weighted by molar-refractivity contribution is -0.384. The molecule has 4 saturated heterocycles. The number of carbonyl (C=O) groups is 2. The Morgan fingerprint density at radius 1 is 0.590 bits per heavy atom. The second-order valence-corrected chi connectivity index (χ2v) is 48.6. The maximum atomic E-state index is 13.2. The number of hydrogen-bond donors (Lipinski definition) is 2. The van der Waals surface area contributed by atoms with Crippen molar-refractivity contribution in [2.45, 2.75) is 241 Å². The van der Waals surface area contributed by atoms with E-state index >= 15 is 0 Å². The van der Waals surface area contributed by atoms with E-state index in [-0.39, 0.29) is 45.0 Å². The van der Waals surface area contributed by atoms with Crippen molar-refractivity contribution in [2.75, 3.05) is 13.2 Å². The number of hydrogen-bond acceptors (Lipinski definition) is 18. The van der Waals surface area contributed by atoms with E-state index in [1.165, 1.54) is 57.9 Å². The summed E-state index contributed by atoms with van der Waals surface area (Å²) in [6.45, 7) is 41.8. The van der Waals surface area contributed by atoms with Crippen LogP contribution in [0.15, 0.2) is 68.0 Å². The number of thioether (sulfide) groups is 1. The lowest BCUT2D eigenvalue weighted by Crippen LogP contribution is -2.63. The standard InChI is InChI=1S/C29H43N3O10Si2.C27H48N2O7SSi2/c1-17(2)43(18(3)4)16-44(19(5)6,20(7)8)42-25-23(15-38-43)40-27(31-14-13-24(33)30-28(31)34)26(25)41-29(35)39-22-11-9-21(10-12-22)32(36)37;1-16(2)38(17(3)4)15-39(18(5)6,19(7)8)36-22-20(14-33-38)34-24(29-13-12-21(30)28-25(29)31)23(22)35-26(32)37-27(9,10)11/h9-14,17-20,23,25-27H,15-16H2,1-8H3,(H,30,33,34);12-13,16-20,22-24H,14-15H2,1-11H3,(H,28,30,31)/t23-,25?,26+,27-;20-,22?,23+,24-/m11/s1. The van der Waals surface area contributed by atoms with Crippen molar-refractivity contribution < 1.29 is 55.9 Å². The van der Waals surface area contributed by atoms with Crippen LogP contribution in [0.5, 0.6) is 5.75 Å². The van der Waals surface area contributed by atoms with E-state index in [0.717, 1.165) is 23.1 Å². The monoisotopic (exact) mass is 1250 g/mol. The van der Waals surface area contributed by atoms with E-state index in [1.807, 2.05) is 20.8 Å². The molecule has 0 spiro atoms. The molecule has 4 fully saturated rings. The fourth-order valence-corrected chi connectivity index (χ4v) is 45.1. The summed E-state index contributed by atoms with van der Waals surface area (Å²) in [4.78, 5) is 90.8. The molecule has 22 nitrogen and oxygen atoms in total. The molecule has 0 bridgehead atoms. The number of nitro groups is 1. The Morgan fingerprint density at radius 3 is 1.28 bits per heavy atom. The highest BCUT2D eigenvalue weighted by Crippen LogP contribution is 2.53. The van der Waals surface area contributed by atoms with Crippen LogP contribution in [0.3, 0.4) is 0 Å². The third kappa shape index (κ3) is 14.6. The molecule has 27 heteroatoms. The zero-order valence-corrected chi connectivity index (χ0v) is 56.7. The van der Waals surface area contributed by atoms with Gasteiger partial charge in [-0.25, -0.2) is 19.2 Å². The minimum absolute atomic E-state index is 0.0356. The van der Waals surface area contributed by atoms with Crippen molar-refractivity contribution in [3.8, 4) is 5.75 Å². The molecule has 1 aromatic carbocycles. The topological polar surface area (TPSA) is 270 Å². The van der Waals surface area contributed by atoms with Crippen molar-refractivity contribution >= 4 is 62.2 Å². The zero-order chi connectivity index (χ0) is 62.1. The molecule has 0 saturated carbocycles. The number of nitro benzene ring substituents is 1. The van der Waals surface area contributed by atoms with Crippen LogP contribution in [0.25, 0.3) is 0 Å². The Bertz CT molecular complexity index is 2940. The maximum absolute atomic E-state index is 13.2. The SMILES string of the molecule is CC(C)[Si]1(C(C)C)C[Si](C(C)C)(C(C)C)OC2[C@@H](CO1)O[C@@H](n1ccc(=O)[nH]c1=O)[C@H]2OC(=O)Oc1ccc([N+](=O)[O-])cc1.CC(C)[Si]1(C(C)C)C[Si](C(C)C)(C(C)C)OC2[C@@H](CO1)O[C@@H](n1ccc(=O)[nH]c1=O)[C@H]2OC(=O)SC(C)(C)C. The Kier molecular flexibility index (Phi) is 21.9. The Labute approximate surface area is 495 Å². The fraction of sp³-hybridized carbons (Fsp3) is 0.714. The molecular weight excluding hydrogens is 1160 g/mol. The van der Waals surface area contributed by atoms with Crippen LogP contribution in [0.1, 0.15) is 144 Å². The molecule has 4 aliphatic rings. The summed E-state index contributed by atoms with van der Waals surface area (Å²) in [7, 11) is -9.97. The Balaban J connectivity index is 0.000000269. The molecule has 0 radical (unpaired) electrons. The number of rotatable bonds is 14. The van der Waals surface area contributed by atoms with Gasteiger partial charge in [0.1, 0.15) is 30.2 Å². The highest BCUT2D eigenvalue weighted by molar-refractivity contribution is 8.14. The summed E-state index contributed by atoms with van der Waals surface area (Å²) in [5, 5.41) is 10.6. The predicted molar refractivity (Wildman–Crippen MR) is 327 cm³/mol. The predicted octanol–water partition coefficient (Wildman–Crippen LogP) is 11.4. The zero-order valence-electron chi connectivity index (χ0n) is 51.9. The number of aromatic amines is 2. The average molecular weight is 1250 g/mol. The largest absolute Gasteiger partial charge is 0.514 e. The van der Waals surface area contributed by atoms with Crippen molar-refractivity contribution in [1.82, 2.24) is 19.1 Å². The van der Waals surface area contributed by atoms with Crippen molar-refractivity contribution in [1.29, 1.82) is 0 Å². The highest BCUT2D eigenvalue weighted by Gasteiger charge is 2.63. The minimum atomic E-state index is -2.69. The maximum Gasteiger partial charge on any atom is 0.514 e. The van der Waals surface area contributed by atoms with Gasteiger partial charge in [-0.2, -0.15) is 0 Å². The molecule has 2 unspecified atom stereocenters. The van der Waals surface area contributed by atoms with E-state index in [1.54, 1.807) is 0 Å². The molecule has 7 rings (SSSR count). The number of carbonyl (C=O) groups excluding carboxylic acids is 2. The van der Waals surface area contributed by atoms with Crippen LogP contribution in [0, 0.1) is 10.1 Å². The number of H-pyrrole nitrogens is 2. The number of aromatic nitrogens is 4. The fourth-order valence-electron chi connectivity index (χ4n) is 12.7. The molecule has 83 heavy (non-hydrogen) atoms. The number of nitrogens with zero attached hydrogens (tertiary/aromatic N) is 3. The highest BCUT2D eigenvalue weighted by atomic mass is 32.2. The van der Waals surface area contributed by atoms with Crippen molar-refractivity contribution in [3.63, 3.8) is 0 Å². The molecule has 6 heterocycles. The van der Waals surface area contributed by atoms with Gasteiger partial charge in [-0.05, 0) is 79.6 Å². The van der Waals surface area contributed by atoms with Gasteiger partial charge < -0.3 is 41.4 Å². The summed E-state index contributed by atoms with van der Waals surface area (Å²) in [6.07, 6.45) is -5.21. The van der Waals surface area contributed by atoms with Crippen LogP contribution >= 0.6 is 11.8 Å². The van der Waals surface area contributed by atoms with Gasteiger partial charge in [0.2, 0.25) is 0 Å². The summed E-state index contributed by atoms with van der Waals surface area (Å²) in [6, 6.07) is 7.44. The van der Waals surface area contributed by atoms with Crippen LogP contribution in [-0.4, -0.2) is 123 Å². The first-order chi connectivity index (χ1) is 38.5. The van der Waals surface area contributed by atoms with Crippen molar-refractivity contribution in [3.05, 3.63) is 101 Å². The van der Waals surface area contributed by atoms with E-state index in [0.29, 0.717) is 28.8 Å². The van der Waals surface area contributed by atoms with Gasteiger partial charge in [0.25, 0.3) is 16.8 Å².